The number of alkyl halides is 2. The number of pyridine rings is 1. The summed E-state index contributed by atoms with van der Waals surface area (Å²) >= 11 is 0. The maximum absolute atomic E-state index is 12.4. The highest BCUT2D eigenvalue weighted by molar-refractivity contribution is 5.95. The van der Waals surface area contributed by atoms with E-state index in [2.05, 4.69) is 30.6 Å². The molecule has 9 nitrogen and oxygen atoms in total. The van der Waals surface area contributed by atoms with E-state index in [4.69, 9.17) is 4.74 Å². The fourth-order valence-electron chi connectivity index (χ4n) is 3.84. The predicted octanol–water partition coefficient (Wildman–Crippen LogP) is 2.86. The smallest absolute Gasteiger partial charge is 0.270 e. The number of aromatic amines is 1. The van der Waals surface area contributed by atoms with Gasteiger partial charge in [-0.25, -0.2) is 18.7 Å². The summed E-state index contributed by atoms with van der Waals surface area (Å²) in [5.74, 6) is -0.0619. The van der Waals surface area contributed by atoms with Gasteiger partial charge in [0, 0.05) is 48.3 Å². The molecule has 4 aromatic rings. The molecule has 1 saturated carbocycles. The summed E-state index contributed by atoms with van der Waals surface area (Å²) in [6.07, 6.45) is 6.19. The van der Waals surface area contributed by atoms with Gasteiger partial charge in [-0.05, 0) is 25.0 Å². The van der Waals surface area contributed by atoms with Gasteiger partial charge in [0.05, 0.1) is 18.8 Å². The number of amides is 1. The predicted molar refractivity (Wildman–Crippen MR) is 114 cm³/mol. The van der Waals surface area contributed by atoms with Crippen molar-refractivity contribution in [1.82, 2.24) is 29.7 Å². The van der Waals surface area contributed by atoms with Crippen molar-refractivity contribution in [2.45, 2.75) is 31.4 Å². The maximum atomic E-state index is 12.4. The average Bonchev–Trinajstić information content (AvgIpc) is 3.37. The van der Waals surface area contributed by atoms with Gasteiger partial charge in [0.1, 0.15) is 17.0 Å². The maximum Gasteiger partial charge on any atom is 0.270 e. The Kier molecular flexibility index (Phi) is 5.17. The van der Waals surface area contributed by atoms with Crippen LogP contribution >= 0.6 is 0 Å². The van der Waals surface area contributed by atoms with Crippen LogP contribution in [-0.4, -0.2) is 62.5 Å². The van der Waals surface area contributed by atoms with E-state index in [0.29, 0.717) is 23.3 Å². The molecule has 0 radical (unpaired) electrons. The second kappa shape index (κ2) is 8.15. The second-order valence-electron chi connectivity index (χ2n) is 7.72. The van der Waals surface area contributed by atoms with Crippen LogP contribution in [0.1, 0.15) is 23.3 Å². The molecule has 4 heterocycles. The van der Waals surface area contributed by atoms with E-state index < -0.39 is 18.9 Å². The van der Waals surface area contributed by atoms with Gasteiger partial charge in [-0.3, -0.25) is 9.20 Å². The minimum absolute atomic E-state index is 0.180. The molecule has 0 saturated heterocycles. The Bertz CT molecular complexity index is 1280. The molecule has 0 aliphatic heterocycles. The number of aromatic nitrogens is 5. The largest absolute Gasteiger partial charge is 0.381 e. The summed E-state index contributed by atoms with van der Waals surface area (Å²) < 4.78 is 31.8. The summed E-state index contributed by atoms with van der Waals surface area (Å²) in [6.45, 7) is -0.713. The van der Waals surface area contributed by atoms with Crippen molar-refractivity contribution < 1.29 is 18.3 Å². The van der Waals surface area contributed by atoms with Crippen LogP contribution in [-0.2, 0) is 4.74 Å². The second-order valence-corrected chi connectivity index (χ2v) is 7.72. The lowest BCUT2D eigenvalue weighted by Crippen LogP contribution is -2.40. The Morgan fingerprint density at radius 1 is 1.31 bits per heavy atom. The van der Waals surface area contributed by atoms with Crippen molar-refractivity contribution in [3.8, 4) is 11.1 Å². The summed E-state index contributed by atoms with van der Waals surface area (Å²) in [5, 5.41) is 6.34. The highest BCUT2D eigenvalue weighted by Gasteiger charge is 2.29. The van der Waals surface area contributed by atoms with Gasteiger partial charge < -0.3 is 20.4 Å². The average molecular weight is 441 g/mol. The monoisotopic (exact) mass is 441 g/mol. The summed E-state index contributed by atoms with van der Waals surface area (Å²) in [4.78, 5) is 28.6. The number of anilines is 1. The van der Waals surface area contributed by atoms with Crippen molar-refractivity contribution in [1.29, 1.82) is 0 Å². The lowest BCUT2D eigenvalue weighted by atomic mass is 9.89. The molecule has 11 heteroatoms. The molecule has 0 unspecified atom stereocenters. The lowest BCUT2D eigenvalue weighted by molar-refractivity contribution is 0.0327. The van der Waals surface area contributed by atoms with Gasteiger partial charge in [-0.1, -0.05) is 0 Å². The molecule has 1 aliphatic carbocycles. The Morgan fingerprint density at radius 2 is 2.16 bits per heavy atom. The number of carbonyl (C=O) groups excluding carboxylic acids is 1. The molecule has 0 bridgehead atoms. The van der Waals surface area contributed by atoms with Crippen LogP contribution in [0.3, 0.4) is 0 Å². The Balaban J connectivity index is 1.41. The molecule has 1 fully saturated rings. The molecule has 5 rings (SSSR count). The number of methoxy groups -OCH3 is 1. The molecule has 1 amide bonds. The molecule has 32 heavy (non-hydrogen) atoms. The minimum atomic E-state index is -2.62. The van der Waals surface area contributed by atoms with E-state index in [1.54, 1.807) is 30.0 Å². The molecule has 0 atom stereocenters. The highest BCUT2D eigenvalue weighted by atomic mass is 19.3. The molecule has 3 N–H and O–H groups in total. The molecule has 0 aromatic carbocycles. The molecule has 166 valence electrons. The summed E-state index contributed by atoms with van der Waals surface area (Å²) in [6, 6.07) is 3.93. The van der Waals surface area contributed by atoms with Crippen molar-refractivity contribution in [3.63, 3.8) is 0 Å². The third-order valence-corrected chi connectivity index (χ3v) is 5.66. The third-order valence-electron chi connectivity index (χ3n) is 5.66. The number of ether oxygens (including phenoxy) is 1. The van der Waals surface area contributed by atoms with E-state index in [1.165, 1.54) is 6.20 Å². The first-order valence-electron chi connectivity index (χ1n) is 10.2. The fraction of sp³-hybridized carbons (Fsp3) is 0.333. The number of fused-ring (bicyclic) bond motifs is 2. The van der Waals surface area contributed by atoms with Crippen LogP contribution in [0.25, 0.3) is 27.8 Å². The number of hydrogen-bond acceptors (Lipinski definition) is 6. The fourth-order valence-corrected chi connectivity index (χ4v) is 3.84. The number of H-pyrrole nitrogens is 1. The number of carbonyl (C=O) groups is 1. The van der Waals surface area contributed by atoms with Gasteiger partial charge in [0.25, 0.3) is 12.3 Å². The van der Waals surface area contributed by atoms with Crippen LogP contribution < -0.4 is 10.6 Å². The van der Waals surface area contributed by atoms with Crippen LogP contribution in [0, 0.1) is 0 Å². The molecule has 0 spiro atoms. The van der Waals surface area contributed by atoms with Crippen LogP contribution in [0.2, 0.25) is 0 Å². The zero-order valence-electron chi connectivity index (χ0n) is 17.2. The number of nitrogens with zero attached hydrogens (tertiary/aromatic N) is 4. The summed E-state index contributed by atoms with van der Waals surface area (Å²) in [7, 11) is 1.71. The van der Waals surface area contributed by atoms with E-state index in [9.17, 15) is 13.6 Å². The SMILES string of the molecule is COC1CC(Nc2ncc3c(-c4ccc5ncc(C(=O)NCC(F)F)n5c4)c[nH]c3n2)C1. The lowest BCUT2D eigenvalue weighted by Gasteiger charge is -2.34. The van der Waals surface area contributed by atoms with Crippen molar-refractivity contribution >= 4 is 28.5 Å². The topological polar surface area (TPSA) is 109 Å². The quantitative estimate of drug-likeness (QED) is 0.407. The highest BCUT2D eigenvalue weighted by Crippen LogP contribution is 2.30. The Morgan fingerprint density at radius 3 is 2.94 bits per heavy atom. The van der Waals surface area contributed by atoms with Gasteiger partial charge >= 0.3 is 0 Å². The van der Waals surface area contributed by atoms with Gasteiger partial charge in [0.2, 0.25) is 5.95 Å². The number of rotatable bonds is 7. The van der Waals surface area contributed by atoms with Crippen LogP contribution in [0.15, 0.2) is 36.9 Å². The number of imidazole rings is 1. The van der Waals surface area contributed by atoms with Crippen LogP contribution in [0.5, 0.6) is 0 Å². The zero-order chi connectivity index (χ0) is 22.2. The first-order valence-corrected chi connectivity index (χ1v) is 10.2. The Hall–Kier alpha value is -3.60. The van der Waals surface area contributed by atoms with Crippen molar-refractivity contribution in [2.75, 3.05) is 19.0 Å². The normalized spacial score (nSPS) is 18.2. The standard InChI is InChI=1S/C21H21F2N7O2/c1-32-13-4-12(5-13)28-21-27-7-15-14(6-25-19(15)29-21)11-2-3-18-24-8-16(30(18)10-11)20(31)26-9-17(22)23/h2-3,6-8,10,12-13,17H,4-5,9H2,1H3,(H,26,31)(H2,25,27,28,29). The molecular weight excluding hydrogens is 420 g/mol. The van der Waals surface area contributed by atoms with Gasteiger partial charge in [-0.2, -0.15) is 4.98 Å². The van der Waals surface area contributed by atoms with Crippen molar-refractivity contribution in [3.05, 3.63) is 42.6 Å². The van der Waals surface area contributed by atoms with Gasteiger partial charge in [0.15, 0.2) is 0 Å². The minimum Gasteiger partial charge on any atom is -0.381 e. The first kappa shape index (κ1) is 20.3. The summed E-state index contributed by atoms with van der Waals surface area (Å²) in [5.41, 5.74) is 3.05. The van der Waals surface area contributed by atoms with E-state index in [-0.39, 0.29) is 11.8 Å². The zero-order valence-corrected chi connectivity index (χ0v) is 17.2. The number of nitrogens with one attached hydrogen (secondary N) is 3. The number of halogens is 2. The molecule has 1 aliphatic rings. The van der Waals surface area contributed by atoms with E-state index in [1.807, 2.05) is 12.3 Å². The third kappa shape index (κ3) is 3.75. The number of hydrogen-bond donors (Lipinski definition) is 3. The van der Waals surface area contributed by atoms with Crippen LogP contribution in [0.4, 0.5) is 14.7 Å². The van der Waals surface area contributed by atoms with Crippen molar-refractivity contribution in [2.24, 2.45) is 0 Å². The van der Waals surface area contributed by atoms with E-state index in [0.717, 1.165) is 29.4 Å². The Labute approximate surface area is 181 Å². The van der Waals surface area contributed by atoms with Gasteiger partial charge in [-0.15, -0.1) is 0 Å². The molecular formula is C21H21F2N7O2. The van der Waals surface area contributed by atoms with E-state index >= 15 is 0 Å². The first-order chi connectivity index (χ1) is 15.5. The molecule has 4 aromatic heterocycles.